The summed E-state index contributed by atoms with van der Waals surface area (Å²) in [6.07, 6.45) is 4.87. The number of carbonyl (C=O) groups is 1. The van der Waals surface area contributed by atoms with Gasteiger partial charge in [0.25, 0.3) is 0 Å². The van der Waals surface area contributed by atoms with Crippen molar-refractivity contribution in [3.8, 4) is 0 Å². The molecule has 0 saturated carbocycles. The second-order valence-electron chi connectivity index (χ2n) is 7.75. The lowest BCUT2D eigenvalue weighted by atomic mass is 10.1. The van der Waals surface area contributed by atoms with Crippen molar-refractivity contribution >= 4 is 45.6 Å². The van der Waals surface area contributed by atoms with Gasteiger partial charge in [-0.05, 0) is 58.0 Å². The maximum absolute atomic E-state index is 12.4. The van der Waals surface area contributed by atoms with Crippen molar-refractivity contribution in [1.82, 2.24) is 19.8 Å². The predicted molar refractivity (Wildman–Crippen MR) is 128 cm³/mol. The fourth-order valence-electron chi connectivity index (χ4n) is 3.07. The fourth-order valence-corrected chi connectivity index (χ4v) is 3.25. The van der Waals surface area contributed by atoms with Gasteiger partial charge in [-0.3, -0.25) is 4.79 Å². The Balaban J connectivity index is 1.97. The van der Waals surface area contributed by atoms with Gasteiger partial charge in [0.2, 0.25) is 5.91 Å². The number of nitrogens with one attached hydrogen (secondary N) is 2. The summed E-state index contributed by atoms with van der Waals surface area (Å²) in [6, 6.07) is 11.4. The lowest BCUT2D eigenvalue weighted by Gasteiger charge is -2.17. The molecule has 0 saturated heterocycles. The summed E-state index contributed by atoms with van der Waals surface area (Å²) < 4.78 is 0. The molecule has 0 bridgehead atoms. The molecule has 0 spiro atoms. The number of nitrogens with zero attached hydrogens (tertiary/aromatic N) is 4. The lowest BCUT2D eigenvalue weighted by molar-refractivity contribution is -0.111. The van der Waals surface area contributed by atoms with Crippen LogP contribution in [0.2, 0.25) is 5.02 Å². The van der Waals surface area contributed by atoms with Gasteiger partial charge in [-0.2, -0.15) is 0 Å². The Bertz CT molecular complexity index is 1100. The van der Waals surface area contributed by atoms with E-state index in [1.807, 2.05) is 80.5 Å². The molecule has 3 rings (SSSR count). The molecule has 7 nitrogen and oxygen atoms in total. The number of amides is 1. The van der Waals surface area contributed by atoms with E-state index in [4.69, 9.17) is 11.6 Å². The molecule has 0 aliphatic carbocycles. The van der Waals surface area contributed by atoms with Crippen molar-refractivity contribution < 1.29 is 4.79 Å². The minimum atomic E-state index is -0.176. The minimum absolute atomic E-state index is 0.176. The van der Waals surface area contributed by atoms with E-state index in [1.54, 1.807) is 6.08 Å². The molecule has 0 atom stereocenters. The molecule has 162 valence electrons. The van der Waals surface area contributed by atoms with E-state index in [9.17, 15) is 4.79 Å². The number of hydrogen-bond donors (Lipinski definition) is 2. The average Bonchev–Trinajstić information content (AvgIpc) is 2.70. The van der Waals surface area contributed by atoms with Crippen LogP contribution in [0.15, 0.2) is 54.9 Å². The molecule has 2 aromatic carbocycles. The van der Waals surface area contributed by atoms with Crippen molar-refractivity contribution in [3.63, 3.8) is 0 Å². The Morgan fingerprint density at radius 1 is 1.06 bits per heavy atom. The predicted octanol–water partition coefficient (Wildman–Crippen LogP) is 4.14. The molecular formula is C23H27ClN6O. The lowest BCUT2D eigenvalue weighted by Crippen LogP contribution is -2.16. The molecule has 1 amide bonds. The number of carbonyl (C=O) groups excluding carboxylic acids is 1. The molecule has 0 unspecified atom stereocenters. The van der Waals surface area contributed by atoms with Crippen molar-refractivity contribution in [2.24, 2.45) is 0 Å². The van der Waals surface area contributed by atoms with Crippen LogP contribution in [0, 0.1) is 0 Å². The van der Waals surface area contributed by atoms with E-state index in [0.29, 0.717) is 23.9 Å². The van der Waals surface area contributed by atoms with Crippen LogP contribution in [-0.4, -0.2) is 60.4 Å². The number of fused-ring (bicyclic) bond motifs is 1. The van der Waals surface area contributed by atoms with Crippen LogP contribution in [-0.2, 0) is 11.3 Å². The first-order chi connectivity index (χ1) is 14.8. The number of halogens is 1. The van der Waals surface area contributed by atoms with Gasteiger partial charge in [0.1, 0.15) is 12.1 Å². The van der Waals surface area contributed by atoms with E-state index in [-0.39, 0.29) is 5.91 Å². The highest BCUT2D eigenvalue weighted by molar-refractivity contribution is 6.33. The Hall–Kier alpha value is -3.00. The maximum atomic E-state index is 12.4. The summed E-state index contributed by atoms with van der Waals surface area (Å²) >= 11 is 6.30. The Kier molecular flexibility index (Phi) is 7.57. The summed E-state index contributed by atoms with van der Waals surface area (Å²) in [5.74, 6) is 0.478. The van der Waals surface area contributed by atoms with Crippen molar-refractivity contribution in [1.29, 1.82) is 0 Å². The normalized spacial score (nSPS) is 11.6. The van der Waals surface area contributed by atoms with Gasteiger partial charge in [0, 0.05) is 30.2 Å². The van der Waals surface area contributed by atoms with Crippen LogP contribution in [0.25, 0.3) is 10.9 Å². The van der Waals surface area contributed by atoms with E-state index < -0.39 is 0 Å². The number of anilines is 3. The number of likely N-dealkylation sites (N-methyl/N-ethyl adjacent to an activating group) is 1. The van der Waals surface area contributed by atoms with Gasteiger partial charge >= 0.3 is 0 Å². The Morgan fingerprint density at radius 2 is 1.84 bits per heavy atom. The minimum Gasteiger partial charge on any atom is -0.338 e. The summed E-state index contributed by atoms with van der Waals surface area (Å²) in [7, 11) is 7.87. The monoisotopic (exact) mass is 438 g/mol. The summed E-state index contributed by atoms with van der Waals surface area (Å²) in [6.45, 7) is 1.34. The first-order valence-corrected chi connectivity index (χ1v) is 10.3. The third-order valence-corrected chi connectivity index (χ3v) is 4.80. The molecule has 2 N–H and O–H groups in total. The number of rotatable bonds is 8. The highest BCUT2D eigenvalue weighted by Gasteiger charge is 2.13. The quantitative estimate of drug-likeness (QED) is 0.515. The number of para-hydroxylation sites is 1. The number of aromatic nitrogens is 2. The highest BCUT2D eigenvalue weighted by Crippen LogP contribution is 2.31. The Morgan fingerprint density at radius 3 is 2.55 bits per heavy atom. The molecular weight excluding hydrogens is 412 g/mol. The summed E-state index contributed by atoms with van der Waals surface area (Å²) in [5, 5.41) is 7.74. The molecule has 8 heteroatoms. The van der Waals surface area contributed by atoms with Crippen molar-refractivity contribution in [2.75, 3.05) is 45.4 Å². The molecule has 3 aromatic rings. The maximum Gasteiger partial charge on any atom is 0.248 e. The van der Waals surface area contributed by atoms with Crippen molar-refractivity contribution in [2.45, 2.75) is 6.54 Å². The molecule has 31 heavy (non-hydrogen) atoms. The molecule has 1 aromatic heterocycles. The van der Waals surface area contributed by atoms with Gasteiger partial charge in [-0.1, -0.05) is 29.8 Å². The smallest absolute Gasteiger partial charge is 0.248 e. The summed E-state index contributed by atoms with van der Waals surface area (Å²) in [5.41, 5.74) is 3.17. The SMILES string of the molecule is CN(C)C/C=C/C(=O)Nc1cc2ncnc(Nc3ccccc3Cl)c2cc1CN(C)C. The van der Waals surface area contributed by atoms with Gasteiger partial charge in [-0.15, -0.1) is 0 Å². The zero-order valence-corrected chi connectivity index (χ0v) is 18.9. The van der Waals surface area contributed by atoms with Crippen molar-refractivity contribution in [3.05, 3.63) is 65.5 Å². The summed E-state index contributed by atoms with van der Waals surface area (Å²) in [4.78, 5) is 25.3. The fraction of sp³-hybridized carbons (Fsp3) is 0.261. The third-order valence-electron chi connectivity index (χ3n) is 4.47. The van der Waals surface area contributed by atoms with Gasteiger partial charge < -0.3 is 20.4 Å². The van der Waals surface area contributed by atoms with Crippen LogP contribution in [0.1, 0.15) is 5.56 Å². The van der Waals surface area contributed by atoms with Crippen LogP contribution in [0.3, 0.4) is 0 Å². The first kappa shape index (κ1) is 22.7. The van der Waals surface area contributed by atoms with Gasteiger partial charge in [0.15, 0.2) is 0 Å². The topological polar surface area (TPSA) is 73.4 Å². The van der Waals surface area contributed by atoms with Crippen LogP contribution in [0.4, 0.5) is 17.2 Å². The number of benzene rings is 2. The van der Waals surface area contributed by atoms with Gasteiger partial charge in [0.05, 0.1) is 16.2 Å². The number of hydrogen-bond acceptors (Lipinski definition) is 6. The van der Waals surface area contributed by atoms with E-state index in [0.717, 1.165) is 27.8 Å². The third kappa shape index (κ3) is 6.24. The van der Waals surface area contributed by atoms with E-state index in [1.165, 1.54) is 6.33 Å². The van der Waals surface area contributed by atoms with Crippen LogP contribution < -0.4 is 10.6 Å². The molecule has 0 aliphatic heterocycles. The highest BCUT2D eigenvalue weighted by atomic mass is 35.5. The Labute approximate surface area is 187 Å². The standard InChI is InChI=1S/C23H27ClN6O/c1-29(2)11-7-10-22(31)27-20-13-21-17(12-16(20)14-30(3)4)23(26-15-25-21)28-19-9-6-5-8-18(19)24/h5-10,12-13,15H,11,14H2,1-4H3,(H,27,31)(H,25,26,28)/b10-7+. The van der Waals surface area contributed by atoms with E-state index >= 15 is 0 Å². The second kappa shape index (κ2) is 10.3. The molecule has 0 aliphatic rings. The second-order valence-corrected chi connectivity index (χ2v) is 8.15. The zero-order valence-electron chi connectivity index (χ0n) is 18.2. The van der Waals surface area contributed by atoms with Crippen LogP contribution >= 0.6 is 11.6 Å². The zero-order chi connectivity index (χ0) is 22.4. The largest absolute Gasteiger partial charge is 0.338 e. The molecule has 1 heterocycles. The molecule has 0 fully saturated rings. The average molecular weight is 439 g/mol. The van der Waals surface area contributed by atoms with Gasteiger partial charge in [-0.25, -0.2) is 9.97 Å². The molecule has 0 radical (unpaired) electrons. The first-order valence-electron chi connectivity index (χ1n) is 9.89. The van der Waals surface area contributed by atoms with E-state index in [2.05, 4.69) is 20.6 Å². The van der Waals surface area contributed by atoms with Crippen LogP contribution in [0.5, 0.6) is 0 Å².